The molecule has 2 aliphatic rings. The Morgan fingerprint density at radius 3 is 2.61 bits per heavy atom. The summed E-state index contributed by atoms with van der Waals surface area (Å²) in [7, 11) is 0. The molecule has 0 saturated carbocycles. The Morgan fingerprint density at radius 1 is 1.14 bits per heavy atom. The van der Waals surface area contributed by atoms with Crippen LogP contribution in [-0.2, 0) is 4.79 Å². The van der Waals surface area contributed by atoms with E-state index in [1.807, 2.05) is 30.3 Å². The average molecular weight is 570 g/mol. The minimum Gasteiger partial charge on any atom is -0.490 e. The first kappa shape index (κ1) is 26.2. The van der Waals surface area contributed by atoms with E-state index in [1.165, 1.54) is 22.3 Å². The number of carbonyl (C=O) groups excluding carboxylic acids is 1. The predicted molar refractivity (Wildman–Crippen MR) is 150 cm³/mol. The van der Waals surface area contributed by atoms with Gasteiger partial charge in [0.15, 0.2) is 5.84 Å². The molecule has 188 valence electrons. The average Bonchev–Trinajstić information content (AvgIpc) is 3.28. The van der Waals surface area contributed by atoms with Crippen molar-refractivity contribution in [1.29, 1.82) is 5.41 Å². The number of nitrogens with zero attached hydrogens (tertiary/aromatic N) is 3. The number of amidine groups is 2. The Morgan fingerprint density at radius 2 is 1.89 bits per heavy atom. The van der Waals surface area contributed by atoms with Crippen molar-refractivity contribution in [1.82, 2.24) is 5.01 Å². The van der Waals surface area contributed by atoms with E-state index >= 15 is 0 Å². The van der Waals surface area contributed by atoms with Crippen LogP contribution < -0.4 is 9.47 Å². The maximum Gasteiger partial charge on any atom is 0.283 e. The normalized spacial score (nSPS) is 17.1. The van der Waals surface area contributed by atoms with E-state index in [1.54, 1.807) is 6.08 Å². The second-order valence-electron chi connectivity index (χ2n) is 8.52. The topological polar surface area (TPSA) is 87.3 Å². The lowest BCUT2D eigenvalue weighted by Crippen LogP contribution is -2.35. The van der Waals surface area contributed by atoms with Gasteiger partial charge in [-0.05, 0) is 78.9 Å². The number of benzene rings is 2. The number of hydrazone groups is 1. The van der Waals surface area contributed by atoms with E-state index in [0.717, 1.165) is 34.5 Å². The van der Waals surface area contributed by atoms with E-state index in [4.69, 9.17) is 14.9 Å². The summed E-state index contributed by atoms with van der Waals surface area (Å²) < 4.78 is 12.7. The molecule has 0 bridgehead atoms. The third-order valence-electron chi connectivity index (χ3n) is 5.90. The highest BCUT2D eigenvalue weighted by Crippen LogP contribution is 2.32. The number of ether oxygens (including phenoxy) is 2. The highest BCUT2D eigenvalue weighted by Gasteiger charge is 2.35. The van der Waals surface area contributed by atoms with Crippen LogP contribution in [0.5, 0.6) is 11.5 Å². The molecule has 4 rings (SSSR count). The molecule has 2 aromatic carbocycles. The van der Waals surface area contributed by atoms with Crippen molar-refractivity contribution >= 4 is 55.7 Å². The summed E-state index contributed by atoms with van der Waals surface area (Å²) in [6.07, 6.45) is 4.46. The molecule has 9 heteroatoms. The number of fused-ring (bicyclic) bond motifs is 1. The largest absolute Gasteiger partial charge is 0.490 e. The van der Waals surface area contributed by atoms with Gasteiger partial charge in [0.25, 0.3) is 5.91 Å². The van der Waals surface area contributed by atoms with E-state index < -0.39 is 5.91 Å². The Kier molecular flexibility index (Phi) is 8.64. The Balaban J connectivity index is 1.44. The van der Waals surface area contributed by atoms with Gasteiger partial charge in [-0.2, -0.15) is 15.1 Å². The summed E-state index contributed by atoms with van der Waals surface area (Å²) in [5.74, 6) is 1.46. The molecule has 2 heterocycles. The molecular formula is C27H29BrN4O3S. The minimum atomic E-state index is -0.457. The number of hydrogen-bond acceptors (Lipinski definition) is 6. The molecule has 0 aliphatic carbocycles. The van der Waals surface area contributed by atoms with Crippen LogP contribution in [0.3, 0.4) is 0 Å². The third kappa shape index (κ3) is 6.07. The van der Waals surface area contributed by atoms with Crippen LogP contribution in [0, 0.1) is 5.41 Å². The predicted octanol–water partition coefficient (Wildman–Crippen LogP) is 6.84. The molecule has 36 heavy (non-hydrogen) atoms. The Bertz CT molecular complexity index is 1240. The van der Waals surface area contributed by atoms with Crippen LogP contribution in [0.4, 0.5) is 0 Å². The number of nitrogens with one attached hydrogen (secondary N) is 1. The Labute approximate surface area is 224 Å². The fraction of sp³-hybridized carbons (Fsp3) is 0.333. The third-order valence-corrected chi connectivity index (χ3v) is 7.36. The molecule has 2 aliphatic heterocycles. The zero-order chi connectivity index (χ0) is 25.7. The highest BCUT2D eigenvalue weighted by molar-refractivity contribution is 9.10. The van der Waals surface area contributed by atoms with Gasteiger partial charge in [0.05, 0.1) is 5.57 Å². The first-order chi connectivity index (χ1) is 17.4. The Hall–Kier alpha value is -2.91. The zero-order valence-electron chi connectivity index (χ0n) is 20.6. The van der Waals surface area contributed by atoms with Crippen LogP contribution in [0.25, 0.3) is 6.08 Å². The van der Waals surface area contributed by atoms with E-state index in [0.29, 0.717) is 35.6 Å². The lowest BCUT2D eigenvalue weighted by Gasteiger charge is -2.20. The summed E-state index contributed by atoms with van der Waals surface area (Å²) >= 11 is 4.83. The summed E-state index contributed by atoms with van der Waals surface area (Å²) in [6, 6.07) is 13.7. The number of halogens is 1. The van der Waals surface area contributed by atoms with Gasteiger partial charge < -0.3 is 9.47 Å². The van der Waals surface area contributed by atoms with Crippen molar-refractivity contribution in [2.45, 2.75) is 46.0 Å². The van der Waals surface area contributed by atoms with Gasteiger partial charge in [0, 0.05) is 10.0 Å². The van der Waals surface area contributed by atoms with Crippen molar-refractivity contribution in [3.05, 3.63) is 63.6 Å². The fourth-order valence-electron chi connectivity index (χ4n) is 3.71. The van der Waals surface area contributed by atoms with Crippen LogP contribution in [0.1, 0.15) is 57.1 Å². The molecule has 1 amide bonds. The van der Waals surface area contributed by atoms with Crippen molar-refractivity contribution < 1.29 is 14.3 Å². The van der Waals surface area contributed by atoms with E-state index in [-0.39, 0.29) is 11.4 Å². The number of thioether (sulfide) groups is 1. The summed E-state index contributed by atoms with van der Waals surface area (Å²) in [5, 5.41) is 15.8. The summed E-state index contributed by atoms with van der Waals surface area (Å²) in [4.78, 5) is 16.9. The first-order valence-electron chi connectivity index (χ1n) is 12.0. The van der Waals surface area contributed by atoms with Gasteiger partial charge in [0.2, 0.25) is 5.17 Å². The number of rotatable bonds is 10. The molecule has 0 unspecified atom stereocenters. The van der Waals surface area contributed by atoms with Gasteiger partial charge in [-0.1, -0.05) is 48.8 Å². The maximum atomic E-state index is 12.8. The SMILES string of the molecule is CCCC1=NN2C(=N)/C(=C/c3cc(Br)ccc3OCCOc3ccc([C@H](C)CC)cc3)C(=O)N=C2S1. The lowest BCUT2D eigenvalue weighted by atomic mass is 9.99. The van der Waals surface area contributed by atoms with Gasteiger partial charge in [-0.3, -0.25) is 10.2 Å². The van der Waals surface area contributed by atoms with Crippen molar-refractivity contribution in [3.63, 3.8) is 0 Å². The molecule has 1 atom stereocenters. The molecule has 0 aromatic heterocycles. The second-order valence-corrected chi connectivity index (χ2v) is 10.5. The zero-order valence-corrected chi connectivity index (χ0v) is 23.0. The smallest absolute Gasteiger partial charge is 0.283 e. The number of hydrogen-bond donors (Lipinski definition) is 1. The van der Waals surface area contributed by atoms with Gasteiger partial charge in [-0.15, -0.1) is 0 Å². The highest BCUT2D eigenvalue weighted by atomic mass is 79.9. The second kappa shape index (κ2) is 11.9. The van der Waals surface area contributed by atoms with Crippen LogP contribution in [-0.4, -0.2) is 40.2 Å². The summed E-state index contributed by atoms with van der Waals surface area (Å²) in [5.41, 5.74) is 2.13. The molecule has 0 saturated heterocycles. The molecule has 7 nitrogen and oxygen atoms in total. The van der Waals surface area contributed by atoms with Crippen molar-refractivity contribution in [2.75, 3.05) is 13.2 Å². The molecular weight excluding hydrogens is 540 g/mol. The minimum absolute atomic E-state index is 0.0127. The van der Waals surface area contributed by atoms with Crippen LogP contribution in [0.15, 0.2) is 62.6 Å². The monoisotopic (exact) mass is 568 g/mol. The fourth-order valence-corrected chi connectivity index (χ4v) is 5.07. The molecule has 1 N–H and O–H groups in total. The molecule has 2 aromatic rings. The first-order valence-corrected chi connectivity index (χ1v) is 13.6. The number of amides is 1. The van der Waals surface area contributed by atoms with Gasteiger partial charge >= 0.3 is 0 Å². The summed E-state index contributed by atoms with van der Waals surface area (Å²) in [6.45, 7) is 7.15. The lowest BCUT2D eigenvalue weighted by molar-refractivity contribution is -0.114. The number of aliphatic imine (C=N–C) groups is 1. The van der Waals surface area contributed by atoms with Gasteiger partial charge in [0.1, 0.15) is 29.8 Å². The van der Waals surface area contributed by atoms with Crippen LogP contribution in [0.2, 0.25) is 0 Å². The molecule has 0 spiro atoms. The van der Waals surface area contributed by atoms with E-state index in [9.17, 15) is 4.79 Å². The quantitative estimate of drug-likeness (QED) is 0.250. The standard InChI is InChI=1S/C27H29BrN4O3S/c1-4-6-24-31-32-25(29)22(26(33)30-27(32)36-24)16-19-15-20(28)9-12-23(19)35-14-13-34-21-10-7-18(8-11-21)17(3)5-2/h7-12,15-17,29H,4-6,13-14H2,1-3H3/b22-16-,29-25?/t17-/m1/s1. The van der Waals surface area contributed by atoms with E-state index in [2.05, 4.69) is 58.9 Å². The molecule has 0 radical (unpaired) electrons. The molecule has 0 fully saturated rings. The van der Waals surface area contributed by atoms with Crippen molar-refractivity contribution in [2.24, 2.45) is 10.1 Å². The van der Waals surface area contributed by atoms with Crippen molar-refractivity contribution in [3.8, 4) is 11.5 Å². The van der Waals surface area contributed by atoms with Gasteiger partial charge in [-0.25, -0.2) is 0 Å². The van der Waals surface area contributed by atoms with Crippen LogP contribution >= 0.6 is 27.7 Å². The number of carbonyl (C=O) groups is 1. The maximum absolute atomic E-state index is 12.8.